The highest BCUT2D eigenvalue weighted by molar-refractivity contribution is 6.30. The number of halogens is 1. The number of nitriles is 1. The highest BCUT2D eigenvalue weighted by atomic mass is 35.5. The second-order valence-corrected chi connectivity index (χ2v) is 5.92. The number of aromatic nitrogens is 4. The van der Waals surface area contributed by atoms with Crippen LogP contribution in [-0.4, -0.2) is 19.2 Å². The van der Waals surface area contributed by atoms with Crippen LogP contribution in [0.2, 0.25) is 5.02 Å². The average molecular weight is 334 g/mol. The third-order valence-corrected chi connectivity index (χ3v) is 4.23. The Morgan fingerprint density at radius 3 is 2.88 bits per heavy atom. The number of hydrogen-bond acceptors (Lipinski definition) is 3. The molecule has 0 saturated carbocycles. The number of nitrogens with zero attached hydrogens (tertiary/aromatic N) is 5. The standard InChI is InChI=1S/C18H12ClN5/c1-12-4-5-14(19)7-15(12)16-10-23(9-13(16)8-20)18-17-3-2-6-24(17)22-11-21-18/h2-7,9-11H,1H3. The maximum absolute atomic E-state index is 9.54. The SMILES string of the molecule is Cc1ccc(Cl)cc1-c1cn(-c2ncnn3cccc23)cc1C#N. The van der Waals surface area contributed by atoms with Crippen molar-refractivity contribution in [3.8, 4) is 23.0 Å². The summed E-state index contributed by atoms with van der Waals surface area (Å²) in [7, 11) is 0. The molecule has 4 aromatic rings. The first kappa shape index (κ1) is 14.5. The van der Waals surface area contributed by atoms with E-state index in [1.165, 1.54) is 6.33 Å². The molecule has 1 aromatic carbocycles. The van der Waals surface area contributed by atoms with Crippen molar-refractivity contribution in [1.29, 1.82) is 5.26 Å². The van der Waals surface area contributed by atoms with Crippen LogP contribution in [0.1, 0.15) is 11.1 Å². The first-order chi connectivity index (χ1) is 11.7. The smallest absolute Gasteiger partial charge is 0.164 e. The normalized spacial score (nSPS) is 10.9. The molecule has 0 aliphatic heterocycles. The molecule has 6 heteroatoms. The van der Waals surface area contributed by atoms with Crippen molar-refractivity contribution in [3.05, 3.63) is 71.4 Å². The van der Waals surface area contributed by atoms with Crippen LogP contribution in [0.3, 0.4) is 0 Å². The quantitative estimate of drug-likeness (QED) is 0.556. The molecule has 0 N–H and O–H groups in total. The number of aryl methyl sites for hydroxylation is 1. The molecule has 24 heavy (non-hydrogen) atoms. The van der Waals surface area contributed by atoms with E-state index in [1.807, 2.05) is 54.2 Å². The Bertz CT molecular complexity index is 1100. The van der Waals surface area contributed by atoms with Crippen LogP contribution >= 0.6 is 11.6 Å². The molecule has 0 fully saturated rings. The largest absolute Gasteiger partial charge is 0.305 e. The Morgan fingerprint density at radius 1 is 1.17 bits per heavy atom. The van der Waals surface area contributed by atoms with E-state index in [2.05, 4.69) is 16.2 Å². The van der Waals surface area contributed by atoms with Gasteiger partial charge >= 0.3 is 0 Å². The predicted octanol–water partition coefficient (Wildman–Crippen LogP) is 4.02. The number of fused-ring (bicyclic) bond motifs is 1. The minimum Gasteiger partial charge on any atom is -0.305 e. The van der Waals surface area contributed by atoms with Gasteiger partial charge in [0.25, 0.3) is 0 Å². The van der Waals surface area contributed by atoms with E-state index < -0.39 is 0 Å². The predicted molar refractivity (Wildman–Crippen MR) is 92.2 cm³/mol. The van der Waals surface area contributed by atoms with Gasteiger partial charge < -0.3 is 4.57 Å². The highest BCUT2D eigenvalue weighted by Gasteiger charge is 2.14. The summed E-state index contributed by atoms with van der Waals surface area (Å²) in [6.07, 6.45) is 7.05. The van der Waals surface area contributed by atoms with Gasteiger partial charge in [0.1, 0.15) is 17.9 Å². The first-order valence-corrected chi connectivity index (χ1v) is 7.72. The van der Waals surface area contributed by atoms with Crippen molar-refractivity contribution < 1.29 is 0 Å². The Morgan fingerprint density at radius 2 is 2.04 bits per heavy atom. The molecule has 116 valence electrons. The Balaban J connectivity index is 1.95. The second kappa shape index (κ2) is 5.52. The molecule has 0 spiro atoms. The fourth-order valence-electron chi connectivity index (χ4n) is 2.82. The topological polar surface area (TPSA) is 58.9 Å². The summed E-state index contributed by atoms with van der Waals surface area (Å²) in [6.45, 7) is 2.00. The van der Waals surface area contributed by atoms with E-state index in [1.54, 1.807) is 10.7 Å². The molecule has 0 radical (unpaired) electrons. The van der Waals surface area contributed by atoms with Crippen LogP contribution in [-0.2, 0) is 0 Å². The summed E-state index contributed by atoms with van der Waals surface area (Å²) >= 11 is 6.14. The number of benzene rings is 1. The minimum absolute atomic E-state index is 0.573. The lowest BCUT2D eigenvalue weighted by atomic mass is 10.0. The molecule has 0 unspecified atom stereocenters. The summed E-state index contributed by atoms with van der Waals surface area (Å²) in [4.78, 5) is 4.37. The fourth-order valence-corrected chi connectivity index (χ4v) is 2.99. The van der Waals surface area contributed by atoms with Gasteiger partial charge in [0.05, 0.1) is 5.56 Å². The highest BCUT2D eigenvalue weighted by Crippen LogP contribution is 2.31. The average Bonchev–Trinajstić information content (AvgIpc) is 3.23. The molecule has 3 heterocycles. The van der Waals surface area contributed by atoms with Gasteiger partial charge in [-0.05, 0) is 42.3 Å². The first-order valence-electron chi connectivity index (χ1n) is 7.35. The molecule has 0 amide bonds. The lowest BCUT2D eigenvalue weighted by molar-refractivity contribution is 0.870. The van der Waals surface area contributed by atoms with Crippen LogP contribution in [0.5, 0.6) is 0 Å². The van der Waals surface area contributed by atoms with Gasteiger partial charge in [0.2, 0.25) is 0 Å². The van der Waals surface area contributed by atoms with Gasteiger partial charge in [-0.25, -0.2) is 9.50 Å². The van der Waals surface area contributed by atoms with Crippen molar-refractivity contribution in [1.82, 2.24) is 19.2 Å². The lowest BCUT2D eigenvalue weighted by Crippen LogP contribution is -2.00. The van der Waals surface area contributed by atoms with Crippen LogP contribution in [0.25, 0.3) is 22.5 Å². The van der Waals surface area contributed by atoms with Crippen LogP contribution < -0.4 is 0 Å². The third-order valence-electron chi connectivity index (χ3n) is 3.99. The van der Waals surface area contributed by atoms with Crippen molar-refractivity contribution in [3.63, 3.8) is 0 Å². The summed E-state index contributed by atoms with van der Waals surface area (Å²) < 4.78 is 3.60. The summed E-state index contributed by atoms with van der Waals surface area (Å²) in [5, 5.41) is 14.4. The molecule has 3 aromatic heterocycles. The lowest BCUT2D eigenvalue weighted by Gasteiger charge is -2.05. The zero-order valence-electron chi connectivity index (χ0n) is 12.8. The van der Waals surface area contributed by atoms with Crippen LogP contribution in [0.15, 0.2) is 55.2 Å². The summed E-state index contributed by atoms with van der Waals surface area (Å²) in [6, 6.07) is 11.8. The van der Waals surface area contributed by atoms with Gasteiger partial charge in [-0.15, -0.1) is 0 Å². The van der Waals surface area contributed by atoms with Crippen molar-refractivity contribution in [2.75, 3.05) is 0 Å². The zero-order valence-corrected chi connectivity index (χ0v) is 13.6. The molecule has 0 aliphatic rings. The Kier molecular flexibility index (Phi) is 3.33. The van der Waals surface area contributed by atoms with Crippen LogP contribution in [0, 0.1) is 18.3 Å². The molecule has 0 bridgehead atoms. The van der Waals surface area contributed by atoms with Gasteiger partial charge in [-0.2, -0.15) is 10.4 Å². The van der Waals surface area contributed by atoms with Gasteiger partial charge in [-0.1, -0.05) is 17.7 Å². The Hall–Kier alpha value is -3.10. The monoisotopic (exact) mass is 333 g/mol. The minimum atomic E-state index is 0.573. The van der Waals surface area contributed by atoms with Gasteiger partial charge in [-0.3, -0.25) is 0 Å². The van der Waals surface area contributed by atoms with Crippen molar-refractivity contribution in [2.45, 2.75) is 6.92 Å². The van der Waals surface area contributed by atoms with Gasteiger partial charge in [0.15, 0.2) is 5.82 Å². The second-order valence-electron chi connectivity index (χ2n) is 5.49. The summed E-state index contributed by atoms with van der Waals surface area (Å²) in [5.41, 5.74) is 4.28. The molecular weight excluding hydrogens is 322 g/mol. The molecule has 4 rings (SSSR count). The van der Waals surface area contributed by atoms with Crippen molar-refractivity contribution >= 4 is 17.1 Å². The van der Waals surface area contributed by atoms with E-state index in [-0.39, 0.29) is 0 Å². The summed E-state index contributed by atoms with van der Waals surface area (Å²) in [5.74, 6) is 0.720. The third kappa shape index (κ3) is 2.25. The maximum atomic E-state index is 9.54. The van der Waals surface area contributed by atoms with E-state index in [0.717, 1.165) is 28.0 Å². The zero-order chi connectivity index (χ0) is 16.7. The number of hydrogen-bond donors (Lipinski definition) is 0. The van der Waals surface area contributed by atoms with Crippen LogP contribution in [0.4, 0.5) is 0 Å². The van der Waals surface area contributed by atoms with E-state index in [9.17, 15) is 5.26 Å². The molecule has 0 saturated heterocycles. The fraction of sp³-hybridized carbons (Fsp3) is 0.0556. The van der Waals surface area contributed by atoms with E-state index >= 15 is 0 Å². The molecule has 5 nitrogen and oxygen atoms in total. The molecule has 0 atom stereocenters. The Labute approximate surface area is 143 Å². The maximum Gasteiger partial charge on any atom is 0.164 e. The van der Waals surface area contributed by atoms with Gasteiger partial charge in [0, 0.05) is 29.2 Å². The number of rotatable bonds is 2. The van der Waals surface area contributed by atoms with E-state index in [4.69, 9.17) is 11.6 Å². The molecular formula is C18H12ClN5. The van der Waals surface area contributed by atoms with E-state index in [0.29, 0.717) is 10.6 Å². The molecule has 0 aliphatic carbocycles. The van der Waals surface area contributed by atoms with Crippen molar-refractivity contribution in [2.24, 2.45) is 0 Å².